The molecule has 0 spiro atoms. The van der Waals surface area contributed by atoms with E-state index in [4.69, 9.17) is 9.47 Å². The second-order valence-corrected chi connectivity index (χ2v) is 18.4. The largest absolute Gasteiger partial charge is 0.495 e. The average Bonchev–Trinajstić information content (AvgIpc) is 4.10. The number of halogens is 4. The molecule has 4 N–H and O–H groups in total. The maximum Gasteiger partial charge on any atom is 0.342 e. The number of methoxy groups -OCH3 is 2. The fraction of sp³-hybridized carbons (Fsp3) is 0.510. The van der Waals surface area contributed by atoms with Crippen molar-refractivity contribution in [2.45, 2.75) is 88.6 Å². The molecule has 72 heavy (non-hydrogen) atoms. The zero-order valence-corrected chi connectivity index (χ0v) is 41.7. The molecule has 0 unspecified atom stereocenters. The third-order valence-corrected chi connectivity index (χ3v) is 13.1. The van der Waals surface area contributed by atoms with Crippen LogP contribution >= 0.6 is 0 Å². The summed E-state index contributed by atoms with van der Waals surface area (Å²) in [5.41, 5.74) is 2.35. The van der Waals surface area contributed by atoms with Crippen LogP contribution < -0.4 is 50.3 Å². The second kappa shape index (κ2) is 22.6. The number of carbonyl (C=O) groups excluding carboxylic acids is 4. The van der Waals surface area contributed by atoms with E-state index < -0.39 is 36.7 Å². The van der Waals surface area contributed by atoms with Crippen LogP contribution in [0.5, 0.6) is 11.5 Å². The predicted molar refractivity (Wildman–Crippen MR) is 266 cm³/mol. The van der Waals surface area contributed by atoms with E-state index in [1.54, 1.807) is 46.2 Å². The SMILES string of the molecule is CCNC(=O)c1ccc(Nc2ncc3c(n2)N(C2CCCC2)CC(F)(F)C(=O)N3C)c(OC)c1.COc1cc(C(=O)NCCCN(C)C)ccc1Nc1ncc2c(n1)N(C1CCCC1)CC(F)(F)C(=O)N2C. The van der Waals surface area contributed by atoms with Gasteiger partial charge in [-0.1, -0.05) is 25.7 Å². The van der Waals surface area contributed by atoms with Crippen LogP contribution in [-0.4, -0.2) is 148 Å². The molecule has 2 fully saturated rings. The molecule has 0 bridgehead atoms. The first-order valence-corrected chi connectivity index (χ1v) is 24.1. The zero-order chi connectivity index (χ0) is 51.9. The molecular weight excluding hydrogens is 943 g/mol. The lowest BCUT2D eigenvalue weighted by Crippen LogP contribution is -2.48. The number of ether oxygens (including phenoxy) is 2. The Hall–Kier alpha value is -7.04. The van der Waals surface area contributed by atoms with Crippen LogP contribution in [-0.2, 0) is 9.59 Å². The van der Waals surface area contributed by atoms with Gasteiger partial charge in [-0.05, 0) is 96.1 Å². The number of amides is 4. The van der Waals surface area contributed by atoms with Crippen molar-refractivity contribution in [3.63, 3.8) is 0 Å². The van der Waals surface area contributed by atoms with Gasteiger partial charge in [0.05, 0.1) is 51.1 Å². The fourth-order valence-corrected chi connectivity index (χ4v) is 9.28. The number of benzene rings is 2. The van der Waals surface area contributed by atoms with Gasteiger partial charge >= 0.3 is 11.8 Å². The summed E-state index contributed by atoms with van der Waals surface area (Å²) in [6.45, 7) is 2.29. The summed E-state index contributed by atoms with van der Waals surface area (Å²) >= 11 is 0. The first kappa shape index (κ1) is 52.8. The molecule has 19 nitrogen and oxygen atoms in total. The number of anilines is 8. The third kappa shape index (κ3) is 11.8. The molecule has 23 heteroatoms. The molecule has 388 valence electrons. The van der Waals surface area contributed by atoms with Gasteiger partial charge in [0.2, 0.25) is 11.9 Å². The summed E-state index contributed by atoms with van der Waals surface area (Å²) in [5.74, 6) is -8.38. The van der Waals surface area contributed by atoms with Crippen LogP contribution in [0.2, 0.25) is 0 Å². The van der Waals surface area contributed by atoms with Gasteiger partial charge in [0.25, 0.3) is 23.6 Å². The highest BCUT2D eigenvalue weighted by atomic mass is 19.3. The van der Waals surface area contributed by atoms with Gasteiger partial charge in [-0.15, -0.1) is 0 Å². The van der Waals surface area contributed by atoms with Crippen molar-refractivity contribution in [2.24, 2.45) is 0 Å². The number of carbonyl (C=O) groups is 4. The topological polar surface area (TPSA) is 203 Å². The molecule has 2 aliphatic heterocycles. The van der Waals surface area contributed by atoms with Crippen molar-refractivity contribution < 1.29 is 46.2 Å². The Labute approximate surface area is 416 Å². The minimum absolute atomic E-state index is 0.127. The molecular formula is C49H63F4N13O6. The Morgan fingerprint density at radius 2 is 1.11 bits per heavy atom. The molecule has 4 heterocycles. The summed E-state index contributed by atoms with van der Waals surface area (Å²) in [6.07, 6.45) is 10.4. The van der Waals surface area contributed by atoms with E-state index in [0.717, 1.165) is 74.1 Å². The molecule has 2 aromatic heterocycles. The normalized spacial score (nSPS) is 17.6. The molecule has 0 saturated heterocycles. The van der Waals surface area contributed by atoms with Crippen molar-refractivity contribution in [1.82, 2.24) is 35.5 Å². The monoisotopic (exact) mass is 1010 g/mol. The highest BCUT2D eigenvalue weighted by Crippen LogP contribution is 2.42. The third-order valence-electron chi connectivity index (χ3n) is 13.1. The lowest BCUT2D eigenvalue weighted by molar-refractivity contribution is -0.141. The summed E-state index contributed by atoms with van der Waals surface area (Å²) < 4.78 is 70.0. The van der Waals surface area contributed by atoms with Gasteiger partial charge in [0.1, 0.15) is 22.9 Å². The van der Waals surface area contributed by atoms with Gasteiger partial charge in [-0.2, -0.15) is 27.5 Å². The Morgan fingerprint density at radius 3 is 1.50 bits per heavy atom. The van der Waals surface area contributed by atoms with Crippen molar-refractivity contribution in [3.05, 3.63) is 59.9 Å². The summed E-state index contributed by atoms with van der Waals surface area (Å²) in [6, 6.07) is 9.59. The van der Waals surface area contributed by atoms with E-state index in [2.05, 4.69) is 46.1 Å². The van der Waals surface area contributed by atoms with Crippen LogP contribution in [0, 0.1) is 0 Å². The van der Waals surface area contributed by atoms with Crippen molar-refractivity contribution in [2.75, 3.05) is 105 Å². The van der Waals surface area contributed by atoms with Crippen LogP contribution in [0.25, 0.3) is 0 Å². The lowest BCUT2D eigenvalue weighted by Gasteiger charge is -2.31. The zero-order valence-electron chi connectivity index (χ0n) is 41.7. The van der Waals surface area contributed by atoms with Crippen molar-refractivity contribution >= 4 is 69.9 Å². The van der Waals surface area contributed by atoms with Gasteiger partial charge in [-0.3, -0.25) is 19.2 Å². The molecule has 8 rings (SSSR count). The van der Waals surface area contributed by atoms with Gasteiger partial charge in [0, 0.05) is 50.4 Å². The average molecular weight is 1010 g/mol. The number of rotatable bonds is 15. The number of fused-ring (bicyclic) bond motifs is 2. The predicted octanol–water partition coefficient (Wildman–Crippen LogP) is 6.61. The number of nitrogens with zero attached hydrogens (tertiary/aromatic N) is 9. The first-order valence-electron chi connectivity index (χ1n) is 24.1. The molecule has 0 atom stereocenters. The Morgan fingerprint density at radius 1 is 0.694 bits per heavy atom. The van der Waals surface area contributed by atoms with Crippen molar-refractivity contribution in [3.8, 4) is 11.5 Å². The van der Waals surface area contributed by atoms with Gasteiger partial charge < -0.3 is 55.2 Å². The molecule has 4 aliphatic rings. The molecule has 2 aliphatic carbocycles. The minimum Gasteiger partial charge on any atom is -0.495 e. The maximum absolute atomic E-state index is 14.8. The lowest BCUT2D eigenvalue weighted by atomic mass is 10.1. The molecule has 4 aromatic rings. The molecule has 2 aromatic carbocycles. The first-order chi connectivity index (χ1) is 34.3. The van der Waals surface area contributed by atoms with Crippen LogP contribution in [0.1, 0.15) is 85.4 Å². The number of alkyl halides is 4. The number of hydrogen-bond donors (Lipinski definition) is 4. The van der Waals surface area contributed by atoms with E-state index >= 15 is 0 Å². The van der Waals surface area contributed by atoms with Crippen molar-refractivity contribution in [1.29, 1.82) is 0 Å². The molecule has 0 radical (unpaired) electrons. The van der Waals surface area contributed by atoms with Crippen LogP contribution in [0.4, 0.5) is 63.8 Å². The quantitative estimate of drug-likeness (QED) is 0.0732. The van der Waals surface area contributed by atoms with E-state index in [0.29, 0.717) is 47.1 Å². The van der Waals surface area contributed by atoms with E-state index in [9.17, 15) is 36.7 Å². The standard InChI is InChI=1S/C26H35F2N7O3.C23H28F2N6O3/c1-33(2)13-7-12-29-23(36)17-10-11-19(21(14-17)38-4)31-25-30-15-20-22(32-25)35(18-8-5-6-9-18)16-26(27,28)24(37)34(20)3;1-4-26-20(32)14-9-10-16(18(11-14)34-3)28-22-27-12-17-19(29-22)31(15-7-5-6-8-15)13-23(24,25)21(33)30(17)2/h10-11,14-15,18H,5-9,12-13,16H2,1-4H3,(H,29,36)(H,30,31,32);9-12,15H,4-8,13H2,1-3H3,(H,26,32)(H,27,28,29). The summed E-state index contributed by atoms with van der Waals surface area (Å²) in [4.78, 5) is 74.3. The summed E-state index contributed by atoms with van der Waals surface area (Å²) in [5, 5.41) is 11.8. The number of aromatic nitrogens is 4. The number of nitrogens with one attached hydrogen (secondary N) is 4. The minimum atomic E-state index is -3.54. The smallest absolute Gasteiger partial charge is 0.342 e. The Balaban J connectivity index is 0.000000213. The fourth-order valence-electron chi connectivity index (χ4n) is 9.28. The second-order valence-electron chi connectivity index (χ2n) is 18.4. The maximum atomic E-state index is 14.8. The van der Waals surface area contributed by atoms with E-state index in [1.807, 2.05) is 21.0 Å². The van der Waals surface area contributed by atoms with Crippen LogP contribution in [0.3, 0.4) is 0 Å². The van der Waals surface area contributed by atoms with E-state index in [1.165, 1.54) is 40.7 Å². The van der Waals surface area contributed by atoms with Crippen LogP contribution in [0.15, 0.2) is 48.8 Å². The van der Waals surface area contributed by atoms with E-state index in [-0.39, 0.29) is 58.8 Å². The molecule has 4 amide bonds. The highest BCUT2D eigenvalue weighted by molar-refractivity contribution is 6.03. The van der Waals surface area contributed by atoms with Gasteiger partial charge in [0.15, 0.2) is 11.6 Å². The highest BCUT2D eigenvalue weighted by Gasteiger charge is 2.50. The summed E-state index contributed by atoms with van der Waals surface area (Å²) in [7, 11) is 9.55. The molecule has 2 saturated carbocycles. The van der Waals surface area contributed by atoms with Gasteiger partial charge in [-0.25, -0.2) is 9.97 Å². The number of hydrogen-bond acceptors (Lipinski definition) is 15. The Bertz CT molecular complexity index is 2610. The Kier molecular flexibility index (Phi) is 16.6.